The van der Waals surface area contributed by atoms with Crippen LogP contribution in [0.4, 0.5) is 5.69 Å². The molecule has 1 aliphatic heterocycles. The third kappa shape index (κ3) is 4.48. The molecular weight excluding hydrogens is 342 g/mol. The van der Waals surface area contributed by atoms with Crippen LogP contribution in [0, 0.1) is 5.92 Å². The van der Waals surface area contributed by atoms with Crippen molar-refractivity contribution < 1.29 is 19.1 Å². The van der Waals surface area contributed by atoms with Gasteiger partial charge in [0.2, 0.25) is 5.91 Å². The molecule has 2 aromatic carbocycles. The second-order valence-electron chi connectivity index (χ2n) is 7.15. The molecule has 1 aliphatic rings. The Hall–Kier alpha value is -2.82. The van der Waals surface area contributed by atoms with E-state index in [-0.39, 0.29) is 17.8 Å². The molecule has 5 heteroatoms. The van der Waals surface area contributed by atoms with Gasteiger partial charge in [0.05, 0.1) is 19.3 Å². The van der Waals surface area contributed by atoms with Crippen molar-refractivity contribution in [1.82, 2.24) is 0 Å². The summed E-state index contributed by atoms with van der Waals surface area (Å²) in [5, 5.41) is 0. The molecule has 1 saturated heterocycles. The zero-order valence-electron chi connectivity index (χ0n) is 16.0. The summed E-state index contributed by atoms with van der Waals surface area (Å²) in [6, 6.07) is 15.0. The molecule has 1 fully saturated rings. The summed E-state index contributed by atoms with van der Waals surface area (Å²) in [7, 11) is 1.35. The van der Waals surface area contributed by atoms with Gasteiger partial charge in [0.15, 0.2) is 0 Å². The Labute approximate surface area is 159 Å². The van der Waals surface area contributed by atoms with E-state index in [9.17, 15) is 9.59 Å². The molecule has 3 rings (SSSR count). The van der Waals surface area contributed by atoms with Crippen LogP contribution in [-0.2, 0) is 9.53 Å². The molecule has 1 amide bonds. The van der Waals surface area contributed by atoms with E-state index in [1.807, 2.05) is 17.0 Å². The van der Waals surface area contributed by atoms with Crippen molar-refractivity contribution >= 4 is 17.6 Å². The van der Waals surface area contributed by atoms with Crippen LogP contribution in [0.1, 0.15) is 42.1 Å². The van der Waals surface area contributed by atoms with Gasteiger partial charge in [-0.15, -0.1) is 0 Å². The number of benzene rings is 2. The first kappa shape index (κ1) is 19.0. The number of hydrogen-bond donors (Lipinski definition) is 0. The second kappa shape index (κ2) is 8.25. The summed E-state index contributed by atoms with van der Waals surface area (Å²) in [5.41, 5.74) is 2.69. The second-order valence-corrected chi connectivity index (χ2v) is 7.15. The Balaban J connectivity index is 1.57. The molecule has 0 spiro atoms. The van der Waals surface area contributed by atoms with E-state index >= 15 is 0 Å². The normalized spacial score (nSPS) is 16.7. The van der Waals surface area contributed by atoms with Crippen LogP contribution in [-0.4, -0.2) is 32.1 Å². The Morgan fingerprint density at radius 3 is 2.37 bits per heavy atom. The average molecular weight is 367 g/mol. The lowest BCUT2D eigenvalue weighted by molar-refractivity contribution is -0.117. The van der Waals surface area contributed by atoms with E-state index in [0.717, 1.165) is 5.69 Å². The minimum absolute atomic E-state index is 0.127. The van der Waals surface area contributed by atoms with Crippen molar-refractivity contribution in [3.63, 3.8) is 0 Å². The molecule has 5 nitrogen and oxygen atoms in total. The first-order valence-corrected chi connectivity index (χ1v) is 9.19. The number of esters is 1. The largest absolute Gasteiger partial charge is 0.493 e. The first-order valence-electron chi connectivity index (χ1n) is 9.19. The maximum absolute atomic E-state index is 12.4. The summed E-state index contributed by atoms with van der Waals surface area (Å²) >= 11 is 0. The highest BCUT2D eigenvalue weighted by Gasteiger charge is 2.31. The predicted octanol–water partition coefficient (Wildman–Crippen LogP) is 4.03. The van der Waals surface area contributed by atoms with Crippen LogP contribution in [0.15, 0.2) is 48.5 Å². The van der Waals surface area contributed by atoms with Crippen molar-refractivity contribution in [2.45, 2.75) is 26.2 Å². The minimum atomic E-state index is -0.373. The lowest BCUT2D eigenvalue weighted by atomic mass is 10.0. The first-order chi connectivity index (χ1) is 13.0. The van der Waals surface area contributed by atoms with Crippen molar-refractivity contribution in [2.75, 3.05) is 25.2 Å². The summed E-state index contributed by atoms with van der Waals surface area (Å²) in [4.78, 5) is 25.7. The van der Waals surface area contributed by atoms with Gasteiger partial charge in [0, 0.05) is 24.6 Å². The number of hydrogen-bond acceptors (Lipinski definition) is 4. The van der Waals surface area contributed by atoms with Crippen molar-refractivity contribution in [3.05, 3.63) is 59.7 Å². The number of methoxy groups -OCH3 is 1. The fourth-order valence-electron chi connectivity index (χ4n) is 3.20. The van der Waals surface area contributed by atoms with Crippen LogP contribution in [0.25, 0.3) is 0 Å². The van der Waals surface area contributed by atoms with Crippen molar-refractivity contribution in [2.24, 2.45) is 5.92 Å². The Kier molecular flexibility index (Phi) is 5.79. The van der Waals surface area contributed by atoms with Gasteiger partial charge in [-0.2, -0.15) is 0 Å². The van der Waals surface area contributed by atoms with E-state index in [1.54, 1.807) is 24.3 Å². The zero-order valence-corrected chi connectivity index (χ0v) is 16.0. The number of carbonyl (C=O) groups is 2. The van der Waals surface area contributed by atoms with Crippen molar-refractivity contribution in [1.29, 1.82) is 0 Å². The van der Waals surface area contributed by atoms with E-state index in [0.29, 0.717) is 36.8 Å². The van der Waals surface area contributed by atoms with Gasteiger partial charge in [0.1, 0.15) is 5.75 Å². The molecule has 2 aromatic rings. The maximum atomic E-state index is 12.4. The lowest BCUT2D eigenvalue weighted by Crippen LogP contribution is -2.25. The van der Waals surface area contributed by atoms with Gasteiger partial charge in [-0.25, -0.2) is 4.79 Å². The van der Waals surface area contributed by atoms with Crippen LogP contribution in [0.5, 0.6) is 5.75 Å². The highest BCUT2D eigenvalue weighted by atomic mass is 16.5. The molecule has 0 N–H and O–H groups in total. The summed E-state index contributed by atoms with van der Waals surface area (Å²) in [5.74, 6) is 1.04. The summed E-state index contributed by atoms with van der Waals surface area (Å²) in [6.45, 7) is 5.42. The minimum Gasteiger partial charge on any atom is -0.493 e. The fraction of sp³-hybridized carbons (Fsp3) is 0.364. The Morgan fingerprint density at radius 1 is 1.11 bits per heavy atom. The molecule has 0 saturated carbocycles. The van der Waals surface area contributed by atoms with Gasteiger partial charge in [0.25, 0.3) is 0 Å². The van der Waals surface area contributed by atoms with Crippen LogP contribution in [0.2, 0.25) is 0 Å². The molecule has 0 aromatic heterocycles. The van der Waals surface area contributed by atoms with E-state index < -0.39 is 0 Å². The molecule has 0 radical (unpaired) electrons. The SMILES string of the molecule is COC(=O)c1ccc(OCC2CC(=O)N(c3ccc(C(C)C)cc3)C2)cc1. The lowest BCUT2D eigenvalue weighted by Gasteiger charge is -2.18. The monoisotopic (exact) mass is 367 g/mol. The number of anilines is 1. The van der Waals surface area contributed by atoms with E-state index in [4.69, 9.17) is 4.74 Å². The molecule has 142 valence electrons. The van der Waals surface area contributed by atoms with Gasteiger partial charge < -0.3 is 14.4 Å². The number of carbonyl (C=O) groups excluding carboxylic acids is 2. The topological polar surface area (TPSA) is 55.8 Å². The average Bonchev–Trinajstić information content (AvgIpc) is 3.07. The molecule has 0 aliphatic carbocycles. The molecule has 1 unspecified atom stereocenters. The van der Waals surface area contributed by atoms with E-state index in [2.05, 4.69) is 30.7 Å². The number of amides is 1. The third-order valence-electron chi connectivity index (χ3n) is 4.84. The number of ether oxygens (including phenoxy) is 2. The molecule has 1 heterocycles. The number of nitrogens with zero attached hydrogens (tertiary/aromatic N) is 1. The molecular formula is C22H25NO4. The fourth-order valence-corrected chi connectivity index (χ4v) is 3.20. The number of rotatable bonds is 6. The molecule has 27 heavy (non-hydrogen) atoms. The smallest absolute Gasteiger partial charge is 0.337 e. The van der Waals surface area contributed by atoms with Gasteiger partial charge in [-0.05, 0) is 47.9 Å². The third-order valence-corrected chi connectivity index (χ3v) is 4.84. The predicted molar refractivity (Wildman–Crippen MR) is 104 cm³/mol. The van der Waals surface area contributed by atoms with Crippen LogP contribution in [0.3, 0.4) is 0 Å². The van der Waals surface area contributed by atoms with Crippen LogP contribution < -0.4 is 9.64 Å². The quantitative estimate of drug-likeness (QED) is 0.724. The zero-order chi connectivity index (χ0) is 19.4. The molecule has 1 atom stereocenters. The maximum Gasteiger partial charge on any atom is 0.337 e. The molecule has 0 bridgehead atoms. The highest BCUT2D eigenvalue weighted by molar-refractivity contribution is 5.95. The Morgan fingerprint density at radius 2 is 1.78 bits per heavy atom. The summed E-state index contributed by atoms with van der Waals surface area (Å²) < 4.78 is 10.5. The highest BCUT2D eigenvalue weighted by Crippen LogP contribution is 2.27. The van der Waals surface area contributed by atoms with Gasteiger partial charge in [-0.3, -0.25) is 4.79 Å². The van der Waals surface area contributed by atoms with Crippen LogP contribution >= 0.6 is 0 Å². The van der Waals surface area contributed by atoms with Gasteiger partial charge in [-0.1, -0.05) is 26.0 Å². The van der Waals surface area contributed by atoms with E-state index in [1.165, 1.54) is 12.7 Å². The Bertz CT molecular complexity index is 796. The van der Waals surface area contributed by atoms with Gasteiger partial charge >= 0.3 is 5.97 Å². The standard InChI is InChI=1S/C22H25NO4/c1-15(2)17-4-8-19(9-5-17)23-13-16(12-21(23)24)14-27-20-10-6-18(7-11-20)22(25)26-3/h4-11,15-16H,12-14H2,1-3H3. The summed E-state index contributed by atoms with van der Waals surface area (Å²) in [6.07, 6.45) is 0.478. The van der Waals surface area contributed by atoms with Crippen molar-refractivity contribution in [3.8, 4) is 5.75 Å².